The Morgan fingerprint density at radius 3 is 2.37 bits per heavy atom. The van der Waals surface area contributed by atoms with Gasteiger partial charge in [0.15, 0.2) is 0 Å². The summed E-state index contributed by atoms with van der Waals surface area (Å²) >= 11 is 0. The first kappa shape index (κ1) is 23.4. The zero-order valence-electron chi connectivity index (χ0n) is 17.3. The molecule has 0 fully saturated rings. The average molecular weight is 437 g/mol. The summed E-state index contributed by atoms with van der Waals surface area (Å²) in [6, 6.07) is 12.8. The molecule has 0 aliphatic carbocycles. The van der Waals surface area contributed by atoms with E-state index in [1.54, 1.807) is 43.3 Å². The molecule has 9 heteroatoms. The molecule has 0 bridgehead atoms. The van der Waals surface area contributed by atoms with Crippen LogP contribution in [0, 0.1) is 5.82 Å². The maximum absolute atomic E-state index is 13.9. The van der Waals surface area contributed by atoms with E-state index in [0.29, 0.717) is 16.9 Å². The number of carbonyl (C=O) groups is 1. The fourth-order valence-corrected chi connectivity index (χ4v) is 3.26. The van der Waals surface area contributed by atoms with Crippen LogP contribution in [0.25, 0.3) is 0 Å². The summed E-state index contributed by atoms with van der Waals surface area (Å²) in [6.07, 6.45) is 1.41. The molecule has 0 unspecified atom stereocenters. The SMILES string of the molecule is CCOC(=O)/C(=C/[C@H](c1ccc(OC)cc1)c1cccc(F)c1)NS(=O)(=O)N(C)C. The van der Waals surface area contributed by atoms with Gasteiger partial charge in [0.1, 0.15) is 17.3 Å². The van der Waals surface area contributed by atoms with Crippen molar-refractivity contribution in [1.82, 2.24) is 9.03 Å². The van der Waals surface area contributed by atoms with E-state index >= 15 is 0 Å². The molecule has 0 saturated heterocycles. The highest BCUT2D eigenvalue weighted by molar-refractivity contribution is 7.87. The van der Waals surface area contributed by atoms with Gasteiger partial charge in [0.05, 0.1) is 13.7 Å². The number of carbonyl (C=O) groups excluding carboxylic acids is 1. The molecule has 2 aromatic rings. The number of methoxy groups -OCH3 is 1. The van der Waals surface area contributed by atoms with E-state index in [4.69, 9.17) is 9.47 Å². The van der Waals surface area contributed by atoms with Crippen molar-refractivity contribution in [3.63, 3.8) is 0 Å². The normalized spacial score (nSPS) is 13.1. The quantitative estimate of drug-likeness (QED) is 0.483. The van der Waals surface area contributed by atoms with Crippen molar-refractivity contribution in [3.8, 4) is 5.75 Å². The molecule has 0 spiro atoms. The number of ether oxygens (including phenoxy) is 2. The summed E-state index contributed by atoms with van der Waals surface area (Å²) in [5.74, 6) is -1.29. The number of nitrogens with zero attached hydrogens (tertiary/aromatic N) is 1. The Morgan fingerprint density at radius 2 is 1.83 bits per heavy atom. The van der Waals surface area contributed by atoms with Crippen LogP contribution in [0.15, 0.2) is 60.3 Å². The molecule has 0 aliphatic rings. The second kappa shape index (κ2) is 10.2. The third-order valence-corrected chi connectivity index (χ3v) is 5.67. The van der Waals surface area contributed by atoms with Gasteiger partial charge in [-0.1, -0.05) is 24.3 Å². The summed E-state index contributed by atoms with van der Waals surface area (Å²) < 4.78 is 51.9. The molecule has 0 heterocycles. The lowest BCUT2D eigenvalue weighted by molar-refractivity contribution is -0.138. The molecule has 1 N–H and O–H groups in total. The maximum Gasteiger partial charge on any atom is 0.355 e. The largest absolute Gasteiger partial charge is 0.497 e. The number of hydrogen-bond donors (Lipinski definition) is 1. The minimum Gasteiger partial charge on any atom is -0.497 e. The van der Waals surface area contributed by atoms with Crippen molar-refractivity contribution in [2.24, 2.45) is 0 Å². The lowest BCUT2D eigenvalue weighted by Crippen LogP contribution is -2.37. The molecule has 0 aromatic heterocycles. The first-order chi connectivity index (χ1) is 14.2. The molecule has 2 aromatic carbocycles. The molecule has 7 nitrogen and oxygen atoms in total. The first-order valence-corrected chi connectivity index (χ1v) is 10.6. The van der Waals surface area contributed by atoms with Crippen LogP contribution in [-0.2, 0) is 19.7 Å². The van der Waals surface area contributed by atoms with E-state index in [9.17, 15) is 17.6 Å². The van der Waals surface area contributed by atoms with Crippen molar-refractivity contribution in [3.05, 3.63) is 77.2 Å². The van der Waals surface area contributed by atoms with Gasteiger partial charge in [0, 0.05) is 20.0 Å². The van der Waals surface area contributed by atoms with Crippen LogP contribution in [0.1, 0.15) is 24.0 Å². The zero-order valence-corrected chi connectivity index (χ0v) is 18.1. The smallest absolute Gasteiger partial charge is 0.355 e. The summed E-state index contributed by atoms with van der Waals surface area (Å²) in [5.41, 5.74) is 0.967. The monoisotopic (exact) mass is 436 g/mol. The van der Waals surface area contributed by atoms with Crippen LogP contribution in [0.4, 0.5) is 4.39 Å². The van der Waals surface area contributed by atoms with Gasteiger partial charge in [0.2, 0.25) is 0 Å². The Labute approximate surface area is 176 Å². The number of hydrogen-bond acceptors (Lipinski definition) is 5. The number of benzene rings is 2. The fourth-order valence-electron chi connectivity index (χ4n) is 2.65. The highest BCUT2D eigenvalue weighted by Crippen LogP contribution is 2.29. The van der Waals surface area contributed by atoms with Gasteiger partial charge >= 0.3 is 16.2 Å². The molecule has 2 rings (SSSR count). The number of rotatable bonds is 9. The second-order valence-corrected chi connectivity index (χ2v) is 8.38. The Hall–Kier alpha value is -2.91. The van der Waals surface area contributed by atoms with Gasteiger partial charge in [-0.05, 0) is 48.4 Å². The Balaban J connectivity index is 2.61. The minimum atomic E-state index is -3.97. The molecular weight excluding hydrogens is 411 g/mol. The van der Waals surface area contributed by atoms with Crippen molar-refractivity contribution < 1.29 is 27.1 Å². The van der Waals surface area contributed by atoms with E-state index in [-0.39, 0.29) is 12.3 Å². The molecule has 0 amide bonds. The van der Waals surface area contributed by atoms with E-state index in [1.807, 2.05) is 0 Å². The summed E-state index contributed by atoms with van der Waals surface area (Å²) in [5, 5.41) is 0. The first-order valence-electron chi connectivity index (χ1n) is 9.16. The molecule has 0 radical (unpaired) electrons. The van der Waals surface area contributed by atoms with E-state index in [1.165, 1.54) is 39.4 Å². The summed E-state index contributed by atoms with van der Waals surface area (Å²) in [4.78, 5) is 12.5. The van der Waals surface area contributed by atoms with Gasteiger partial charge in [-0.15, -0.1) is 0 Å². The van der Waals surface area contributed by atoms with Crippen molar-refractivity contribution in [1.29, 1.82) is 0 Å². The lowest BCUT2D eigenvalue weighted by Gasteiger charge is -2.19. The molecule has 1 atom stereocenters. The van der Waals surface area contributed by atoms with Crippen LogP contribution < -0.4 is 9.46 Å². The van der Waals surface area contributed by atoms with E-state index < -0.39 is 27.9 Å². The summed E-state index contributed by atoms with van der Waals surface area (Å²) in [7, 11) is 0.230. The Bertz CT molecular complexity index is 1000. The van der Waals surface area contributed by atoms with Gasteiger partial charge in [0.25, 0.3) is 0 Å². The number of esters is 1. The second-order valence-electron chi connectivity index (χ2n) is 6.50. The summed E-state index contributed by atoms with van der Waals surface area (Å²) in [6.45, 7) is 1.68. The van der Waals surface area contributed by atoms with Crippen LogP contribution >= 0.6 is 0 Å². The molecule has 30 heavy (non-hydrogen) atoms. The maximum atomic E-state index is 13.9. The molecular formula is C21H25FN2O5S. The lowest BCUT2D eigenvalue weighted by atomic mass is 9.90. The Kier molecular flexibility index (Phi) is 7.96. The van der Waals surface area contributed by atoms with Crippen molar-refractivity contribution >= 4 is 16.2 Å². The number of halogens is 1. The van der Waals surface area contributed by atoms with Crippen LogP contribution in [0.3, 0.4) is 0 Å². The van der Waals surface area contributed by atoms with Gasteiger partial charge in [-0.25, -0.2) is 9.18 Å². The zero-order chi connectivity index (χ0) is 22.3. The van der Waals surface area contributed by atoms with Gasteiger partial charge < -0.3 is 9.47 Å². The molecule has 0 aliphatic heterocycles. The predicted molar refractivity (Wildman–Crippen MR) is 112 cm³/mol. The average Bonchev–Trinajstić information content (AvgIpc) is 2.71. The minimum absolute atomic E-state index is 0.0625. The van der Waals surface area contributed by atoms with Crippen molar-refractivity contribution in [2.45, 2.75) is 12.8 Å². The predicted octanol–water partition coefficient (Wildman–Crippen LogP) is 2.81. The molecule has 162 valence electrons. The third kappa shape index (κ3) is 6.04. The molecule has 0 saturated carbocycles. The van der Waals surface area contributed by atoms with Gasteiger partial charge in [-0.2, -0.15) is 12.7 Å². The van der Waals surface area contributed by atoms with Crippen LogP contribution in [-0.4, -0.2) is 46.5 Å². The fraction of sp³-hybridized carbons (Fsp3) is 0.286. The van der Waals surface area contributed by atoms with Crippen LogP contribution in [0.2, 0.25) is 0 Å². The Morgan fingerprint density at radius 1 is 1.17 bits per heavy atom. The van der Waals surface area contributed by atoms with E-state index in [0.717, 1.165) is 4.31 Å². The van der Waals surface area contributed by atoms with E-state index in [2.05, 4.69) is 4.72 Å². The number of nitrogens with one attached hydrogen (secondary N) is 1. The van der Waals surface area contributed by atoms with Crippen LogP contribution in [0.5, 0.6) is 5.75 Å². The van der Waals surface area contributed by atoms with Crippen molar-refractivity contribution in [2.75, 3.05) is 27.8 Å². The van der Waals surface area contributed by atoms with Gasteiger partial charge in [-0.3, -0.25) is 4.72 Å². The standard InChI is InChI=1S/C21H25FN2O5S/c1-5-29-21(25)20(23-30(26,27)24(2)3)14-19(16-7-6-8-17(22)13-16)15-9-11-18(28-4)12-10-15/h6-14,19,23H,5H2,1-4H3/b20-14-/t19-/m1/s1. The third-order valence-electron chi connectivity index (χ3n) is 4.23. The highest BCUT2D eigenvalue weighted by atomic mass is 32.2. The topological polar surface area (TPSA) is 84.9 Å². The highest BCUT2D eigenvalue weighted by Gasteiger charge is 2.23. The number of allylic oxidation sites excluding steroid dienone is 1.